The van der Waals surface area contributed by atoms with Crippen molar-refractivity contribution < 1.29 is 53.2 Å². The molecule has 2 fully saturated rings. The largest absolute Gasteiger partial charge is 0.509 e. The molecule has 0 spiro atoms. The Kier molecular flexibility index (Phi) is 13.7. The maximum atomic E-state index is 6.75. The van der Waals surface area contributed by atoms with Crippen LogP contribution in [0.1, 0.15) is 83.1 Å². The fourth-order valence-corrected chi connectivity index (χ4v) is 8.81. The second kappa shape index (κ2) is 19.0. The molecule has 0 saturated carbocycles. The van der Waals surface area contributed by atoms with Crippen molar-refractivity contribution in [1.29, 1.82) is 0 Å². The quantitative estimate of drug-likeness (QED) is 0.114. The predicted molar refractivity (Wildman–Crippen MR) is 283 cm³/mol. The molecule has 358 valence electrons. The molecule has 10 rings (SSSR count). The molecule has 0 amide bonds. The molecule has 0 N–H and O–H groups in total. The van der Waals surface area contributed by atoms with Crippen molar-refractivity contribution in [3.05, 3.63) is 140 Å². The third-order valence-electron chi connectivity index (χ3n) is 12.4. The van der Waals surface area contributed by atoms with E-state index in [0.717, 1.165) is 61.3 Å². The van der Waals surface area contributed by atoms with E-state index in [1.54, 1.807) is 6.20 Å². The molecule has 0 unspecified atom stereocenters. The summed E-state index contributed by atoms with van der Waals surface area (Å²) in [6.07, 6.45) is 1.81. The number of aromatic nitrogens is 2. The first-order chi connectivity index (χ1) is 32.7. The van der Waals surface area contributed by atoms with Crippen LogP contribution in [0, 0.1) is 18.8 Å². The van der Waals surface area contributed by atoms with Gasteiger partial charge in [0.25, 0.3) is 0 Å². The van der Waals surface area contributed by atoms with Crippen molar-refractivity contribution in [1.82, 2.24) is 9.55 Å². The van der Waals surface area contributed by atoms with E-state index in [4.69, 9.17) is 32.2 Å². The number of rotatable bonds is 7. The van der Waals surface area contributed by atoms with Crippen molar-refractivity contribution in [2.24, 2.45) is 0 Å². The summed E-state index contributed by atoms with van der Waals surface area (Å²) in [6.45, 7) is 27.5. The Morgan fingerprint density at radius 1 is 0.514 bits per heavy atom. The van der Waals surface area contributed by atoms with Gasteiger partial charge in [0.15, 0.2) is 0 Å². The Labute approximate surface area is 430 Å². The van der Waals surface area contributed by atoms with Gasteiger partial charge in [0.1, 0.15) is 5.82 Å². The van der Waals surface area contributed by atoms with Crippen molar-refractivity contribution in [3.8, 4) is 17.3 Å². The van der Waals surface area contributed by atoms with E-state index in [1.807, 2.05) is 60.7 Å². The normalized spacial score (nSPS) is 16.1. The fraction of sp³-hybridized carbons (Fsp3) is 0.308. The van der Waals surface area contributed by atoms with Crippen LogP contribution in [0.25, 0.3) is 27.6 Å². The number of fused-ring (bicyclic) bond motifs is 4. The van der Waals surface area contributed by atoms with Crippen LogP contribution in [0.3, 0.4) is 0 Å². The molecule has 2 saturated heterocycles. The number of pyridine rings is 1. The first kappa shape index (κ1) is 50.2. The molecular formula is C52H57B6N4O7Pt-3. The number of benzene rings is 5. The van der Waals surface area contributed by atoms with E-state index in [9.17, 15) is 0 Å². The molecule has 0 bridgehead atoms. The van der Waals surface area contributed by atoms with Crippen LogP contribution >= 0.6 is 0 Å². The van der Waals surface area contributed by atoms with Crippen LogP contribution < -0.4 is 25.5 Å². The zero-order chi connectivity index (χ0) is 48.6. The van der Waals surface area contributed by atoms with Crippen molar-refractivity contribution in [3.63, 3.8) is 0 Å². The predicted octanol–water partition coefficient (Wildman–Crippen LogP) is 11.6. The summed E-state index contributed by atoms with van der Waals surface area (Å²) in [5.41, 5.74) is 7.09. The number of para-hydroxylation sites is 3. The molecule has 5 aromatic carbocycles. The number of anilines is 4. The zero-order valence-electron chi connectivity index (χ0n) is 42.1. The van der Waals surface area contributed by atoms with E-state index in [-0.39, 0.29) is 42.3 Å². The van der Waals surface area contributed by atoms with Crippen LogP contribution in [0.4, 0.5) is 22.7 Å². The van der Waals surface area contributed by atoms with Gasteiger partial charge in [-0.1, -0.05) is 131 Å². The first-order valence-corrected chi connectivity index (χ1v) is 23.9. The minimum atomic E-state index is -0.764. The second-order valence-corrected chi connectivity index (χ2v) is 22.6. The molecule has 3 aliphatic rings. The average molecular weight is 1110 g/mol. The molecule has 2 aromatic heterocycles. The van der Waals surface area contributed by atoms with Gasteiger partial charge < -0.3 is 46.5 Å². The summed E-state index contributed by atoms with van der Waals surface area (Å²) in [4.78, 5) is 8.99. The summed E-state index contributed by atoms with van der Waals surface area (Å²) in [6, 6.07) is 46.0. The van der Waals surface area contributed by atoms with Gasteiger partial charge in [-0.15, -0.1) is 48.1 Å². The third-order valence-corrected chi connectivity index (χ3v) is 12.4. The minimum Gasteiger partial charge on any atom is -0.509 e. The van der Waals surface area contributed by atoms with Crippen LogP contribution in [0.15, 0.2) is 121 Å². The van der Waals surface area contributed by atoms with E-state index in [0.29, 0.717) is 11.5 Å². The zero-order valence-corrected chi connectivity index (χ0v) is 44.3. The van der Waals surface area contributed by atoms with Crippen LogP contribution in [-0.2, 0) is 48.5 Å². The van der Waals surface area contributed by atoms with Gasteiger partial charge in [-0.2, -0.15) is 12.1 Å². The molecule has 0 radical (unpaired) electrons. The van der Waals surface area contributed by atoms with Gasteiger partial charge in [-0.05, 0) is 80.0 Å². The molecule has 70 heavy (non-hydrogen) atoms. The van der Waals surface area contributed by atoms with E-state index in [2.05, 4.69) is 176 Å². The van der Waals surface area contributed by atoms with Crippen molar-refractivity contribution >= 4 is 98.2 Å². The topological polar surface area (TPSA) is 88.9 Å². The van der Waals surface area contributed by atoms with Gasteiger partial charge >= 0.3 is 42.7 Å². The summed E-state index contributed by atoms with van der Waals surface area (Å²) < 4.78 is 48.7. The Hall–Kier alpha value is -4.71. The molecule has 5 heterocycles. The molecule has 7 aromatic rings. The fourth-order valence-electron chi connectivity index (χ4n) is 8.81. The Morgan fingerprint density at radius 2 is 1.04 bits per heavy atom. The van der Waals surface area contributed by atoms with Crippen LogP contribution in [-0.4, -0.2) is 52.3 Å². The SMILES string of the molecule is CC(C)(C)B1OB(c2cc(B3OB(C(C)(C)C)OB(C(C)(C)C)O3)cc(N3[CH-]N(c4[c-]c(Oc5[c-]c6c(cc5)c5ccccc5n6-c5ccccn5)ccc4)c4ccccc43)c2)OB(C(C)(C)C)O1.[Pt]. The molecule has 11 nitrogen and oxygen atoms in total. The molecule has 18 heteroatoms. The molecule has 0 aliphatic carbocycles. The van der Waals surface area contributed by atoms with Gasteiger partial charge in [-0.3, -0.25) is 0 Å². The van der Waals surface area contributed by atoms with Crippen LogP contribution in [0.5, 0.6) is 11.5 Å². The Balaban J connectivity index is 0.00000608. The number of hydrogen-bond acceptors (Lipinski definition) is 10. The second-order valence-electron chi connectivity index (χ2n) is 22.6. The molecule has 3 aliphatic heterocycles. The van der Waals surface area contributed by atoms with Gasteiger partial charge in [0.2, 0.25) is 0 Å². The van der Waals surface area contributed by atoms with Crippen molar-refractivity contribution in [2.45, 2.75) is 104 Å². The smallest absolute Gasteiger partial charge is 0.466 e. The Morgan fingerprint density at radius 3 is 1.60 bits per heavy atom. The summed E-state index contributed by atoms with van der Waals surface area (Å²) in [5.74, 6) is 1.92. The molecular weight excluding hydrogens is 1050 g/mol. The van der Waals surface area contributed by atoms with E-state index >= 15 is 0 Å². The maximum Gasteiger partial charge on any atom is 0.466 e. The summed E-state index contributed by atoms with van der Waals surface area (Å²) >= 11 is 0. The van der Waals surface area contributed by atoms with Crippen LogP contribution in [0.2, 0.25) is 21.3 Å². The van der Waals surface area contributed by atoms with E-state index < -0.39 is 42.7 Å². The first-order valence-electron chi connectivity index (χ1n) is 23.9. The average Bonchev–Trinajstić information content (AvgIpc) is 3.87. The summed E-state index contributed by atoms with van der Waals surface area (Å²) in [7, 11) is -3.68. The van der Waals surface area contributed by atoms with Gasteiger partial charge in [0.05, 0.1) is 0 Å². The van der Waals surface area contributed by atoms with E-state index in [1.165, 1.54) is 0 Å². The monoisotopic (exact) mass is 1110 g/mol. The summed E-state index contributed by atoms with van der Waals surface area (Å²) in [5, 5.41) is 0.848. The van der Waals surface area contributed by atoms with Gasteiger partial charge in [0, 0.05) is 61.3 Å². The molecule has 0 atom stereocenters. The maximum absolute atomic E-state index is 6.75. The Bertz CT molecular complexity index is 2900. The number of nitrogens with zero attached hydrogens (tertiary/aromatic N) is 4. The van der Waals surface area contributed by atoms with Gasteiger partial charge in [-0.25, -0.2) is 4.98 Å². The number of ether oxygens (including phenoxy) is 1. The standard InChI is InChI=1S/C52H57B6N4O7.Pt/c1-49(2,3)55-64-53(65-56(68-55)50(4,5)6)36-30-37(54-66-57(51(7,8)9)69-58(67-54)52(10,11)12)32-39(31-36)61-35-60(45-24-15-16-25-46(45)61)38-20-19-21-40(33-38)63-41-27-28-43-42-22-13-14-23-44(42)62(47(43)34-41)48-26-17-18-29-59-48;/h13-32,35H,1-12H3;/q-3;. The van der Waals surface area contributed by atoms with Crippen molar-refractivity contribution in [2.75, 3.05) is 9.80 Å². The number of hydrogen-bond donors (Lipinski definition) is 0. The minimum absolute atomic E-state index is 0. The third kappa shape index (κ3) is 10.1.